The first kappa shape index (κ1) is 23.3. The molecule has 0 aliphatic carbocycles. The molecule has 0 bridgehead atoms. The first-order chi connectivity index (χ1) is 15.4. The zero-order valence-electron chi connectivity index (χ0n) is 18.0. The highest BCUT2D eigenvalue weighted by atomic mass is 32.2. The van der Waals surface area contributed by atoms with Crippen LogP contribution < -0.4 is 15.4 Å². The first-order valence-corrected chi connectivity index (χ1v) is 11.0. The van der Waals surface area contributed by atoms with E-state index in [2.05, 4.69) is 20.8 Å². The van der Waals surface area contributed by atoms with Gasteiger partial charge in [-0.05, 0) is 38.1 Å². The zero-order chi connectivity index (χ0) is 23.1. The number of halogens is 1. The van der Waals surface area contributed by atoms with Gasteiger partial charge in [0, 0.05) is 6.54 Å². The normalized spacial score (nSPS) is 11.6. The van der Waals surface area contributed by atoms with Gasteiger partial charge in [0.25, 0.3) is 5.91 Å². The van der Waals surface area contributed by atoms with Gasteiger partial charge < -0.3 is 19.9 Å². The van der Waals surface area contributed by atoms with E-state index < -0.39 is 11.9 Å². The second-order valence-corrected chi connectivity index (χ2v) is 7.74. The second-order valence-electron chi connectivity index (χ2n) is 6.80. The number of carbonyl (C=O) groups is 2. The molecule has 10 heteroatoms. The smallest absolute Gasteiger partial charge is 0.255 e. The van der Waals surface area contributed by atoms with Gasteiger partial charge in [-0.25, -0.2) is 4.39 Å². The number of hydrogen-bond acceptors (Lipinski definition) is 6. The predicted octanol–water partition coefficient (Wildman–Crippen LogP) is 3.67. The summed E-state index contributed by atoms with van der Waals surface area (Å²) in [5, 5.41) is 14.4. The molecule has 2 N–H and O–H groups in total. The Balaban J connectivity index is 1.65. The minimum atomic E-state index is -0.496. The standard InChI is InChI=1S/C22H24FN5O3S/c1-4-28-20(14(2)24-21(30)15-9-5-8-12-18(15)31-3)26-27-22(28)32-13-19(29)25-17-11-7-6-10-16(17)23/h5-12,14H,4,13H2,1-3H3,(H,24,30)(H,25,29). The predicted molar refractivity (Wildman–Crippen MR) is 120 cm³/mol. The van der Waals surface area contributed by atoms with Crippen molar-refractivity contribution in [3.8, 4) is 5.75 Å². The maximum Gasteiger partial charge on any atom is 0.255 e. The molecular weight excluding hydrogens is 433 g/mol. The molecule has 1 unspecified atom stereocenters. The van der Waals surface area contributed by atoms with Crippen LogP contribution in [-0.2, 0) is 11.3 Å². The molecule has 0 spiro atoms. The van der Waals surface area contributed by atoms with Crippen molar-refractivity contribution in [2.75, 3.05) is 18.2 Å². The molecule has 2 amide bonds. The van der Waals surface area contributed by atoms with Crippen molar-refractivity contribution in [3.05, 3.63) is 65.7 Å². The lowest BCUT2D eigenvalue weighted by Crippen LogP contribution is -2.29. The summed E-state index contributed by atoms with van der Waals surface area (Å²) >= 11 is 1.19. The third-order valence-corrected chi connectivity index (χ3v) is 5.60. The summed E-state index contributed by atoms with van der Waals surface area (Å²) in [5.41, 5.74) is 0.548. The molecule has 3 rings (SSSR count). The number of amides is 2. The number of hydrogen-bond donors (Lipinski definition) is 2. The molecule has 1 heterocycles. The van der Waals surface area contributed by atoms with Gasteiger partial charge in [0.15, 0.2) is 11.0 Å². The molecule has 0 radical (unpaired) electrons. The van der Waals surface area contributed by atoms with Crippen LogP contribution in [0.2, 0.25) is 0 Å². The Labute approximate surface area is 189 Å². The number of ether oxygens (including phenoxy) is 1. The maximum absolute atomic E-state index is 13.7. The zero-order valence-corrected chi connectivity index (χ0v) is 18.8. The number of carbonyl (C=O) groups excluding carboxylic acids is 2. The molecule has 1 aromatic heterocycles. The van der Waals surface area contributed by atoms with E-state index in [-0.39, 0.29) is 23.3 Å². The quantitative estimate of drug-likeness (QED) is 0.476. The van der Waals surface area contributed by atoms with Gasteiger partial charge in [0.2, 0.25) is 5.91 Å². The number of aromatic nitrogens is 3. The average molecular weight is 458 g/mol. The van der Waals surface area contributed by atoms with Crippen LogP contribution in [0.3, 0.4) is 0 Å². The minimum Gasteiger partial charge on any atom is -0.496 e. The van der Waals surface area contributed by atoms with Crippen LogP contribution in [0, 0.1) is 5.82 Å². The van der Waals surface area contributed by atoms with Gasteiger partial charge in [0.05, 0.1) is 30.2 Å². The Morgan fingerprint density at radius 1 is 1.16 bits per heavy atom. The Morgan fingerprint density at radius 2 is 1.88 bits per heavy atom. The van der Waals surface area contributed by atoms with Crippen molar-refractivity contribution >= 4 is 29.3 Å². The van der Waals surface area contributed by atoms with Crippen LogP contribution in [0.5, 0.6) is 5.75 Å². The van der Waals surface area contributed by atoms with Crippen molar-refractivity contribution in [3.63, 3.8) is 0 Å². The monoisotopic (exact) mass is 457 g/mol. The highest BCUT2D eigenvalue weighted by molar-refractivity contribution is 7.99. The van der Waals surface area contributed by atoms with Crippen LogP contribution in [0.4, 0.5) is 10.1 Å². The van der Waals surface area contributed by atoms with Gasteiger partial charge in [-0.2, -0.15) is 0 Å². The SMILES string of the molecule is CCn1c(SCC(=O)Nc2ccccc2F)nnc1C(C)NC(=O)c1ccccc1OC. The Morgan fingerprint density at radius 3 is 2.59 bits per heavy atom. The largest absolute Gasteiger partial charge is 0.496 e. The second kappa shape index (κ2) is 10.8. The fraction of sp³-hybridized carbons (Fsp3) is 0.273. The van der Waals surface area contributed by atoms with Crippen molar-refractivity contribution in [1.82, 2.24) is 20.1 Å². The number of methoxy groups -OCH3 is 1. The van der Waals surface area contributed by atoms with E-state index >= 15 is 0 Å². The van der Waals surface area contributed by atoms with E-state index in [9.17, 15) is 14.0 Å². The number of thioether (sulfide) groups is 1. The van der Waals surface area contributed by atoms with Crippen molar-refractivity contribution in [1.29, 1.82) is 0 Å². The topological polar surface area (TPSA) is 98.1 Å². The molecule has 8 nitrogen and oxygen atoms in total. The summed E-state index contributed by atoms with van der Waals surface area (Å²) in [7, 11) is 1.51. The molecular formula is C22H24FN5O3S. The summed E-state index contributed by atoms with van der Waals surface area (Å²) in [5.74, 6) is -0.0681. The lowest BCUT2D eigenvalue weighted by Gasteiger charge is -2.16. The first-order valence-electron chi connectivity index (χ1n) is 9.98. The average Bonchev–Trinajstić information content (AvgIpc) is 3.22. The third kappa shape index (κ3) is 5.44. The van der Waals surface area contributed by atoms with Crippen LogP contribution in [0.25, 0.3) is 0 Å². The molecule has 1 atom stereocenters. The summed E-state index contributed by atoms with van der Waals surface area (Å²) in [4.78, 5) is 24.9. The fourth-order valence-corrected chi connectivity index (χ4v) is 3.88. The summed E-state index contributed by atoms with van der Waals surface area (Å²) in [6, 6.07) is 12.5. The van der Waals surface area contributed by atoms with Crippen molar-refractivity contribution in [2.24, 2.45) is 0 Å². The van der Waals surface area contributed by atoms with Gasteiger partial charge >= 0.3 is 0 Å². The third-order valence-electron chi connectivity index (χ3n) is 4.63. The fourth-order valence-electron chi connectivity index (χ4n) is 3.07. The number of rotatable bonds is 9. The number of nitrogens with zero attached hydrogens (tertiary/aromatic N) is 3. The van der Waals surface area contributed by atoms with E-state index in [1.807, 2.05) is 18.4 Å². The number of anilines is 1. The van der Waals surface area contributed by atoms with E-state index in [4.69, 9.17) is 4.74 Å². The lowest BCUT2D eigenvalue weighted by atomic mass is 10.1. The van der Waals surface area contributed by atoms with Crippen LogP contribution in [0.15, 0.2) is 53.7 Å². The van der Waals surface area contributed by atoms with Crippen molar-refractivity contribution in [2.45, 2.75) is 31.6 Å². The highest BCUT2D eigenvalue weighted by Gasteiger charge is 2.21. The molecule has 0 aliphatic heterocycles. The lowest BCUT2D eigenvalue weighted by molar-refractivity contribution is -0.113. The van der Waals surface area contributed by atoms with Crippen LogP contribution >= 0.6 is 11.8 Å². The summed E-state index contributed by atoms with van der Waals surface area (Å²) in [6.45, 7) is 4.28. The summed E-state index contributed by atoms with van der Waals surface area (Å²) in [6.07, 6.45) is 0. The Kier molecular flexibility index (Phi) is 7.82. The van der Waals surface area contributed by atoms with Crippen molar-refractivity contribution < 1.29 is 18.7 Å². The minimum absolute atomic E-state index is 0.0361. The van der Waals surface area contributed by atoms with E-state index in [1.165, 1.54) is 31.0 Å². The molecule has 32 heavy (non-hydrogen) atoms. The Hall–Kier alpha value is -3.40. The molecule has 168 valence electrons. The van der Waals surface area contributed by atoms with E-state index in [0.29, 0.717) is 28.8 Å². The maximum atomic E-state index is 13.7. The highest BCUT2D eigenvalue weighted by Crippen LogP contribution is 2.23. The molecule has 2 aromatic carbocycles. The number of para-hydroxylation sites is 2. The Bertz CT molecular complexity index is 1100. The van der Waals surface area contributed by atoms with Gasteiger partial charge in [0.1, 0.15) is 11.6 Å². The van der Waals surface area contributed by atoms with E-state index in [1.54, 1.807) is 36.4 Å². The van der Waals surface area contributed by atoms with Gasteiger partial charge in [-0.1, -0.05) is 36.0 Å². The van der Waals surface area contributed by atoms with Crippen LogP contribution in [-0.4, -0.2) is 39.4 Å². The van der Waals surface area contributed by atoms with Gasteiger partial charge in [-0.15, -0.1) is 10.2 Å². The van der Waals surface area contributed by atoms with E-state index in [0.717, 1.165) is 0 Å². The number of nitrogens with one attached hydrogen (secondary N) is 2. The van der Waals surface area contributed by atoms with Crippen LogP contribution in [0.1, 0.15) is 36.1 Å². The summed E-state index contributed by atoms with van der Waals surface area (Å²) < 4.78 is 20.8. The molecule has 0 aliphatic rings. The molecule has 3 aromatic rings. The molecule has 0 saturated heterocycles. The molecule has 0 saturated carbocycles. The number of benzene rings is 2. The van der Waals surface area contributed by atoms with Gasteiger partial charge in [-0.3, -0.25) is 9.59 Å². The molecule has 0 fully saturated rings.